The molecule has 0 bridgehead atoms. The topological polar surface area (TPSA) is 81.7 Å². The first kappa shape index (κ1) is 15.3. The Morgan fingerprint density at radius 1 is 1.46 bits per heavy atom. The molecule has 24 heavy (non-hydrogen) atoms. The van der Waals surface area contributed by atoms with Crippen molar-refractivity contribution in [1.29, 1.82) is 0 Å². The number of fused-ring (bicyclic) bond motifs is 1. The van der Waals surface area contributed by atoms with Gasteiger partial charge in [-0.3, -0.25) is 9.20 Å². The lowest BCUT2D eigenvalue weighted by Crippen LogP contribution is -2.41. The van der Waals surface area contributed by atoms with Crippen LogP contribution in [0.5, 0.6) is 0 Å². The molecule has 8 heteroatoms. The van der Waals surface area contributed by atoms with Crippen LogP contribution in [0.15, 0.2) is 22.2 Å². The fraction of sp³-hybridized carbons (Fsp3) is 0.438. The van der Waals surface area contributed by atoms with Crippen molar-refractivity contribution >= 4 is 22.2 Å². The smallest absolute Gasteiger partial charge is 0.270 e. The number of amides is 1. The maximum absolute atomic E-state index is 12.7. The molecular weight excluding hydrogens is 328 g/mol. The van der Waals surface area contributed by atoms with Crippen LogP contribution in [0.1, 0.15) is 27.6 Å². The molecule has 1 aliphatic heterocycles. The highest BCUT2D eigenvalue weighted by Crippen LogP contribution is 2.21. The first-order valence-electron chi connectivity index (χ1n) is 7.85. The molecule has 1 saturated heterocycles. The molecule has 1 amide bonds. The Hall–Kier alpha value is -2.19. The number of nitrogens with zero attached hydrogens (tertiary/aromatic N) is 3. The molecule has 4 rings (SSSR count). The number of hydrogen-bond donors (Lipinski definition) is 1. The molecule has 126 valence electrons. The molecule has 1 N–H and O–H groups in total. The zero-order valence-corrected chi connectivity index (χ0v) is 14.3. The average Bonchev–Trinajstić information content (AvgIpc) is 3.27. The van der Waals surface area contributed by atoms with Gasteiger partial charge in [0.2, 0.25) is 0 Å². The van der Waals surface area contributed by atoms with Crippen LogP contribution in [-0.2, 0) is 11.2 Å². The highest BCUT2D eigenvalue weighted by molar-refractivity contribution is 7.15. The Labute approximate surface area is 142 Å². The Bertz CT molecular complexity index is 881. The minimum Gasteiger partial charge on any atom is -0.379 e. The number of aromatic nitrogens is 3. The fourth-order valence-electron chi connectivity index (χ4n) is 3.13. The van der Waals surface area contributed by atoms with Crippen molar-refractivity contribution in [3.05, 3.63) is 40.5 Å². The first-order valence-corrected chi connectivity index (χ1v) is 8.72. The molecule has 0 saturated carbocycles. The van der Waals surface area contributed by atoms with Crippen LogP contribution in [0.25, 0.3) is 4.96 Å². The van der Waals surface area contributed by atoms with Gasteiger partial charge in [-0.1, -0.05) is 5.16 Å². The summed E-state index contributed by atoms with van der Waals surface area (Å²) in [6.07, 6.45) is 2.57. The number of imidazole rings is 1. The Balaban J connectivity index is 1.50. The van der Waals surface area contributed by atoms with Gasteiger partial charge in [-0.25, -0.2) is 4.98 Å². The summed E-state index contributed by atoms with van der Waals surface area (Å²) in [6, 6.07) is 1.87. The van der Waals surface area contributed by atoms with E-state index in [4.69, 9.17) is 9.26 Å². The van der Waals surface area contributed by atoms with Crippen LogP contribution in [0.4, 0.5) is 0 Å². The quantitative estimate of drug-likeness (QED) is 0.781. The van der Waals surface area contributed by atoms with E-state index in [1.54, 1.807) is 0 Å². The normalized spacial score (nSPS) is 20.8. The van der Waals surface area contributed by atoms with Crippen molar-refractivity contribution in [2.75, 3.05) is 13.2 Å². The second-order valence-electron chi connectivity index (χ2n) is 6.12. The van der Waals surface area contributed by atoms with Crippen molar-refractivity contribution in [2.45, 2.75) is 26.3 Å². The van der Waals surface area contributed by atoms with Crippen molar-refractivity contribution in [1.82, 2.24) is 19.9 Å². The molecule has 0 spiro atoms. The zero-order valence-electron chi connectivity index (χ0n) is 13.5. The van der Waals surface area contributed by atoms with Gasteiger partial charge < -0.3 is 14.6 Å². The fourth-order valence-corrected chi connectivity index (χ4v) is 3.89. The van der Waals surface area contributed by atoms with Crippen LogP contribution in [0.3, 0.4) is 0 Å². The third-order valence-corrected chi connectivity index (χ3v) is 5.06. The van der Waals surface area contributed by atoms with Gasteiger partial charge in [0.25, 0.3) is 5.91 Å². The number of hydrogen-bond acceptors (Lipinski definition) is 6. The standard InChI is InChI=1S/C16H18N4O3S/c1-9-5-12(23-19-9)6-11-7-22-8-13(11)18-15(21)14-10(2)17-16-20(14)3-4-24-16/h3-5,11,13H,6-8H2,1-2H3,(H,18,21)/t11-,13+/m0/s1. The molecule has 0 aromatic carbocycles. The van der Waals surface area contributed by atoms with Gasteiger partial charge in [0.05, 0.1) is 30.6 Å². The molecule has 2 atom stereocenters. The molecule has 1 fully saturated rings. The predicted molar refractivity (Wildman–Crippen MR) is 88.3 cm³/mol. The molecule has 1 aliphatic rings. The molecule has 0 aliphatic carbocycles. The largest absolute Gasteiger partial charge is 0.379 e. The third kappa shape index (κ3) is 2.71. The lowest BCUT2D eigenvalue weighted by molar-refractivity contribution is 0.0918. The minimum absolute atomic E-state index is 0.0495. The van der Waals surface area contributed by atoms with Gasteiger partial charge >= 0.3 is 0 Å². The summed E-state index contributed by atoms with van der Waals surface area (Å²) < 4.78 is 12.7. The number of ether oxygens (including phenoxy) is 1. The maximum Gasteiger partial charge on any atom is 0.270 e. The highest BCUT2D eigenvalue weighted by Gasteiger charge is 2.32. The van der Waals surface area contributed by atoms with Crippen LogP contribution < -0.4 is 5.32 Å². The molecule has 0 unspecified atom stereocenters. The van der Waals surface area contributed by atoms with Gasteiger partial charge in [0.1, 0.15) is 11.5 Å². The molecular formula is C16H18N4O3S. The Morgan fingerprint density at radius 2 is 2.33 bits per heavy atom. The summed E-state index contributed by atoms with van der Waals surface area (Å²) in [6.45, 7) is 4.86. The van der Waals surface area contributed by atoms with E-state index < -0.39 is 0 Å². The molecule has 7 nitrogen and oxygen atoms in total. The van der Waals surface area contributed by atoms with Gasteiger partial charge in [-0.05, 0) is 13.8 Å². The summed E-state index contributed by atoms with van der Waals surface area (Å²) in [5.74, 6) is 0.878. The molecule has 4 heterocycles. The lowest BCUT2D eigenvalue weighted by Gasteiger charge is -2.18. The van der Waals surface area contributed by atoms with E-state index in [1.807, 2.05) is 35.9 Å². The van der Waals surface area contributed by atoms with Gasteiger partial charge in [0.15, 0.2) is 4.96 Å². The van der Waals surface area contributed by atoms with Gasteiger partial charge in [-0.2, -0.15) is 0 Å². The highest BCUT2D eigenvalue weighted by atomic mass is 32.1. The van der Waals surface area contributed by atoms with Crippen molar-refractivity contribution < 1.29 is 14.1 Å². The molecule has 3 aromatic rings. The number of aryl methyl sites for hydroxylation is 2. The van der Waals surface area contributed by atoms with Crippen molar-refractivity contribution in [3.8, 4) is 0 Å². The zero-order chi connectivity index (χ0) is 16.7. The van der Waals surface area contributed by atoms with E-state index >= 15 is 0 Å². The number of carbonyl (C=O) groups excluding carboxylic acids is 1. The van der Waals surface area contributed by atoms with E-state index in [2.05, 4.69) is 15.5 Å². The van der Waals surface area contributed by atoms with Crippen LogP contribution in [0, 0.1) is 19.8 Å². The SMILES string of the molecule is Cc1cc(C[C@H]2COC[C@H]2NC(=O)c2c(C)nc3sccn23)on1. The van der Waals surface area contributed by atoms with Crippen LogP contribution >= 0.6 is 11.3 Å². The molecule has 0 radical (unpaired) electrons. The first-order chi connectivity index (χ1) is 11.6. The van der Waals surface area contributed by atoms with Crippen molar-refractivity contribution in [2.24, 2.45) is 5.92 Å². The minimum atomic E-state index is -0.118. The summed E-state index contributed by atoms with van der Waals surface area (Å²) in [4.78, 5) is 18.0. The molecule has 3 aromatic heterocycles. The predicted octanol–water partition coefficient (Wildman–Crippen LogP) is 1.99. The Morgan fingerprint density at radius 3 is 3.12 bits per heavy atom. The van der Waals surface area contributed by atoms with Crippen LogP contribution in [0.2, 0.25) is 0 Å². The number of thiazole rings is 1. The maximum atomic E-state index is 12.7. The second-order valence-corrected chi connectivity index (χ2v) is 6.99. The second kappa shape index (κ2) is 6.03. The number of nitrogens with one attached hydrogen (secondary N) is 1. The summed E-state index contributed by atoms with van der Waals surface area (Å²) in [5.41, 5.74) is 2.19. The van der Waals surface area contributed by atoms with E-state index in [0.29, 0.717) is 25.3 Å². The lowest BCUT2D eigenvalue weighted by atomic mass is 9.98. The van der Waals surface area contributed by atoms with E-state index in [1.165, 1.54) is 11.3 Å². The third-order valence-electron chi connectivity index (χ3n) is 4.31. The average molecular weight is 346 g/mol. The van der Waals surface area contributed by atoms with Gasteiger partial charge in [0, 0.05) is 30.0 Å². The summed E-state index contributed by atoms with van der Waals surface area (Å²) in [5, 5.41) is 8.93. The van der Waals surface area contributed by atoms with Crippen molar-refractivity contribution in [3.63, 3.8) is 0 Å². The van der Waals surface area contributed by atoms with E-state index in [0.717, 1.165) is 22.1 Å². The van der Waals surface area contributed by atoms with E-state index in [9.17, 15) is 4.79 Å². The van der Waals surface area contributed by atoms with Gasteiger partial charge in [-0.15, -0.1) is 11.3 Å². The Kier molecular flexibility index (Phi) is 3.85. The number of carbonyl (C=O) groups is 1. The van der Waals surface area contributed by atoms with E-state index in [-0.39, 0.29) is 17.9 Å². The number of rotatable bonds is 4. The van der Waals surface area contributed by atoms with Crippen LogP contribution in [-0.4, -0.2) is 39.7 Å². The summed E-state index contributed by atoms with van der Waals surface area (Å²) in [7, 11) is 0. The summed E-state index contributed by atoms with van der Waals surface area (Å²) >= 11 is 1.51. The monoisotopic (exact) mass is 346 g/mol.